The van der Waals surface area contributed by atoms with Crippen LogP contribution >= 0.6 is 0 Å². The van der Waals surface area contributed by atoms with Gasteiger partial charge in [-0.15, -0.1) is 0 Å². The van der Waals surface area contributed by atoms with E-state index in [1.807, 2.05) is 0 Å². The average Bonchev–Trinajstić information content (AvgIpc) is 3.74. The fourth-order valence-electron chi connectivity index (χ4n) is 9.85. The fraction of sp³-hybridized carbons (Fsp3) is 0. The van der Waals surface area contributed by atoms with E-state index < -0.39 is 0 Å². The van der Waals surface area contributed by atoms with Gasteiger partial charge in [0.1, 0.15) is 0 Å². The largest absolute Gasteiger partial charge is 0.310 e. The van der Waals surface area contributed by atoms with Gasteiger partial charge >= 0.3 is 0 Å². The molecule has 0 aliphatic carbocycles. The van der Waals surface area contributed by atoms with Crippen molar-refractivity contribution in [1.29, 1.82) is 0 Å². The van der Waals surface area contributed by atoms with E-state index in [9.17, 15) is 0 Å². The normalized spacial score (nSPS) is 11.3. The molecule has 0 aliphatic rings. The van der Waals surface area contributed by atoms with Crippen LogP contribution in [0.2, 0.25) is 0 Å². The highest BCUT2D eigenvalue weighted by molar-refractivity contribution is 6.10. The minimum absolute atomic E-state index is 1.08. The smallest absolute Gasteiger partial charge is 0.0541 e. The third-order valence-electron chi connectivity index (χ3n) is 13.0. The molecule has 0 fully saturated rings. The van der Waals surface area contributed by atoms with Crippen LogP contribution in [0.15, 0.2) is 267 Å². The highest BCUT2D eigenvalue weighted by atomic mass is 15.1. The Bertz CT molecular complexity index is 3620. The molecule has 12 aromatic rings. The third kappa shape index (κ3) is 7.02. The van der Waals surface area contributed by atoms with Gasteiger partial charge in [0.15, 0.2) is 0 Å². The average molecular weight is 841 g/mol. The Labute approximate surface area is 385 Å². The number of fused-ring (bicyclic) bond motifs is 4. The molecule has 0 unspecified atom stereocenters. The molecule has 2 heteroatoms. The first-order valence-corrected chi connectivity index (χ1v) is 22.7. The Morgan fingerprint density at radius 3 is 1.48 bits per heavy atom. The first-order valence-electron chi connectivity index (χ1n) is 22.7. The summed E-state index contributed by atoms with van der Waals surface area (Å²) in [5.74, 6) is 0. The van der Waals surface area contributed by atoms with Crippen LogP contribution < -0.4 is 4.90 Å². The lowest BCUT2D eigenvalue weighted by Crippen LogP contribution is -2.11. The second-order valence-electron chi connectivity index (χ2n) is 16.9. The summed E-state index contributed by atoms with van der Waals surface area (Å²) < 4.78 is 2.43. The van der Waals surface area contributed by atoms with Crippen molar-refractivity contribution in [2.75, 3.05) is 4.90 Å². The van der Waals surface area contributed by atoms with E-state index in [1.165, 1.54) is 66.0 Å². The van der Waals surface area contributed by atoms with Gasteiger partial charge in [0.2, 0.25) is 0 Å². The molecule has 0 radical (unpaired) electrons. The third-order valence-corrected chi connectivity index (χ3v) is 13.0. The van der Waals surface area contributed by atoms with Crippen LogP contribution in [0.4, 0.5) is 17.1 Å². The molecule has 11 aromatic carbocycles. The fourth-order valence-corrected chi connectivity index (χ4v) is 9.85. The molecule has 66 heavy (non-hydrogen) atoms. The lowest BCUT2D eigenvalue weighted by atomic mass is 9.94. The summed E-state index contributed by atoms with van der Waals surface area (Å²) in [4.78, 5) is 2.42. The quantitative estimate of drug-likeness (QED) is 0.141. The van der Waals surface area contributed by atoms with E-state index in [0.29, 0.717) is 0 Å². The summed E-state index contributed by atoms with van der Waals surface area (Å²) in [6, 6.07) is 96.9. The molecule has 1 aromatic heterocycles. The molecule has 1 heterocycles. The van der Waals surface area contributed by atoms with Crippen molar-refractivity contribution in [3.63, 3.8) is 0 Å². The maximum atomic E-state index is 2.43. The topological polar surface area (TPSA) is 8.17 Å². The monoisotopic (exact) mass is 840 g/mol. The molecule has 0 bridgehead atoms. The maximum Gasteiger partial charge on any atom is 0.0541 e. The highest BCUT2D eigenvalue weighted by Crippen LogP contribution is 2.45. The number of aromatic nitrogens is 1. The van der Waals surface area contributed by atoms with Gasteiger partial charge in [0.05, 0.1) is 22.4 Å². The summed E-state index contributed by atoms with van der Waals surface area (Å²) >= 11 is 0. The zero-order chi connectivity index (χ0) is 43.8. The van der Waals surface area contributed by atoms with Gasteiger partial charge in [-0.3, -0.25) is 0 Å². The molecule has 0 atom stereocenters. The number of benzene rings is 11. The Morgan fingerprint density at radius 1 is 0.258 bits per heavy atom. The molecule has 0 saturated carbocycles. The van der Waals surface area contributed by atoms with Gasteiger partial charge in [0, 0.05) is 33.3 Å². The Morgan fingerprint density at radius 2 is 0.742 bits per heavy atom. The predicted molar refractivity (Wildman–Crippen MR) is 280 cm³/mol. The van der Waals surface area contributed by atoms with Crippen LogP contribution in [0.1, 0.15) is 0 Å². The molecular weight excluding hydrogens is 797 g/mol. The molecule has 0 aliphatic heterocycles. The molecule has 12 rings (SSSR count). The number of hydrogen-bond donors (Lipinski definition) is 0. The van der Waals surface area contributed by atoms with Crippen molar-refractivity contribution in [3.05, 3.63) is 267 Å². The van der Waals surface area contributed by atoms with E-state index in [0.717, 1.165) is 45.0 Å². The number of anilines is 3. The molecular formula is C64H44N2. The zero-order valence-electron chi connectivity index (χ0n) is 36.3. The van der Waals surface area contributed by atoms with E-state index in [-0.39, 0.29) is 0 Å². The van der Waals surface area contributed by atoms with Crippen molar-refractivity contribution in [2.24, 2.45) is 0 Å². The van der Waals surface area contributed by atoms with Crippen molar-refractivity contribution in [3.8, 4) is 61.3 Å². The lowest BCUT2D eigenvalue weighted by Gasteiger charge is -2.29. The number of nitrogens with zero attached hydrogens (tertiary/aromatic N) is 2. The first-order chi connectivity index (χ1) is 32.7. The molecule has 0 N–H and O–H groups in total. The molecule has 0 amide bonds. The predicted octanol–water partition coefficient (Wildman–Crippen LogP) is 17.7. The zero-order valence-corrected chi connectivity index (χ0v) is 36.3. The molecule has 310 valence electrons. The van der Waals surface area contributed by atoms with Crippen LogP contribution in [0, 0.1) is 0 Å². The number of para-hydroxylation sites is 3. The summed E-state index contributed by atoms with van der Waals surface area (Å²) in [6.07, 6.45) is 0. The minimum atomic E-state index is 1.08. The Balaban J connectivity index is 1.01. The van der Waals surface area contributed by atoms with Gasteiger partial charge < -0.3 is 9.47 Å². The first kappa shape index (κ1) is 38.9. The van der Waals surface area contributed by atoms with Crippen LogP contribution in [0.5, 0.6) is 0 Å². The number of hydrogen-bond acceptors (Lipinski definition) is 1. The van der Waals surface area contributed by atoms with Crippen molar-refractivity contribution < 1.29 is 0 Å². The van der Waals surface area contributed by atoms with E-state index in [1.54, 1.807) is 0 Å². The Hall–Kier alpha value is -8.72. The van der Waals surface area contributed by atoms with Gasteiger partial charge in [-0.1, -0.05) is 212 Å². The van der Waals surface area contributed by atoms with Crippen LogP contribution in [0.3, 0.4) is 0 Å². The van der Waals surface area contributed by atoms with E-state index in [4.69, 9.17) is 0 Å². The molecule has 0 saturated heterocycles. The van der Waals surface area contributed by atoms with Gasteiger partial charge in [-0.2, -0.15) is 0 Å². The summed E-state index contributed by atoms with van der Waals surface area (Å²) in [6.45, 7) is 0. The van der Waals surface area contributed by atoms with Crippen LogP contribution in [-0.2, 0) is 0 Å². The summed E-state index contributed by atoms with van der Waals surface area (Å²) in [7, 11) is 0. The van der Waals surface area contributed by atoms with Crippen molar-refractivity contribution in [2.45, 2.75) is 0 Å². The summed E-state index contributed by atoms with van der Waals surface area (Å²) in [5, 5.41) is 5.01. The maximum absolute atomic E-state index is 2.43. The highest BCUT2D eigenvalue weighted by Gasteiger charge is 2.21. The lowest BCUT2D eigenvalue weighted by molar-refractivity contribution is 1.18. The number of rotatable bonds is 9. The second kappa shape index (κ2) is 16.8. The van der Waals surface area contributed by atoms with Gasteiger partial charge in [0.25, 0.3) is 0 Å². The molecule has 0 spiro atoms. The van der Waals surface area contributed by atoms with E-state index >= 15 is 0 Å². The summed E-state index contributed by atoms with van der Waals surface area (Å²) in [5.41, 5.74) is 18.5. The van der Waals surface area contributed by atoms with Gasteiger partial charge in [-0.25, -0.2) is 0 Å². The SMILES string of the molecule is c1ccc(-c2ccc(N(c3cccc(-c4ccc(-c5cccc6ccccc56)cc4)c3)c3ccc(-c4ccccc4-n4c5ccccc5c5ccccc54)cc3-c3ccccc3)cc2)cc1. The van der Waals surface area contributed by atoms with Gasteiger partial charge in [-0.05, 0) is 110 Å². The molecule has 2 nitrogen and oxygen atoms in total. The minimum Gasteiger partial charge on any atom is -0.310 e. The second-order valence-corrected chi connectivity index (χ2v) is 16.9. The van der Waals surface area contributed by atoms with Crippen LogP contribution in [0.25, 0.3) is 93.9 Å². The van der Waals surface area contributed by atoms with Crippen LogP contribution in [-0.4, -0.2) is 4.57 Å². The standard InChI is InChI=1S/C64H44N2/c1-3-17-45(18-4-1)46-37-40-53(41-38-46)65(54-24-15-23-51(43-54)47-33-35-50(36-34-47)56-29-16-22-48-21-7-8-25-55(48)56)64-42-39-52(44-60(64)49-19-5-2-6-20-49)57-26-9-12-30-61(57)66-62-31-13-10-27-58(62)59-28-11-14-32-63(59)66/h1-44H. The van der Waals surface area contributed by atoms with E-state index in [2.05, 4.69) is 276 Å². The van der Waals surface area contributed by atoms with Crippen molar-refractivity contribution >= 4 is 49.6 Å². The Kier molecular flexibility index (Phi) is 9.89. The van der Waals surface area contributed by atoms with Crippen molar-refractivity contribution in [1.82, 2.24) is 4.57 Å².